The molecular weight excluding hydrogens is 436 g/mol. The Morgan fingerprint density at radius 3 is 2.23 bits per heavy atom. The van der Waals surface area contributed by atoms with E-state index in [9.17, 15) is 14.4 Å². The predicted octanol–water partition coefficient (Wildman–Crippen LogP) is 6.20. The maximum absolute atomic E-state index is 13.9. The van der Waals surface area contributed by atoms with Crippen LogP contribution < -0.4 is 5.32 Å². The fourth-order valence-corrected chi connectivity index (χ4v) is 4.34. The van der Waals surface area contributed by atoms with Gasteiger partial charge in [-0.15, -0.1) is 0 Å². The van der Waals surface area contributed by atoms with Crippen molar-refractivity contribution in [2.75, 3.05) is 5.32 Å². The quantitative estimate of drug-likeness (QED) is 0.320. The van der Waals surface area contributed by atoms with E-state index < -0.39 is 0 Å². The number of hydrogen-bond donors (Lipinski definition) is 1. The molecule has 176 valence electrons. The lowest BCUT2D eigenvalue weighted by molar-refractivity contribution is -0.117. The van der Waals surface area contributed by atoms with Crippen LogP contribution in [0.15, 0.2) is 79.0 Å². The van der Waals surface area contributed by atoms with Crippen molar-refractivity contribution in [2.24, 2.45) is 0 Å². The van der Waals surface area contributed by atoms with E-state index in [1.807, 2.05) is 72.8 Å². The first-order valence-electron chi connectivity index (χ1n) is 11.8. The Hall–Kier alpha value is -4.12. The number of para-hydroxylation sites is 1. The van der Waals surface area contributed by atoms with Gasteiger partial charge in [0.2, 0.25) is 0 Å². The second-order valence-electron chi connectivity index (χ2n) is 8.73. The lowest BCUT2D eigenvalue weighted by Crippen LogP contribution is -2.19. The number of carbonyl (C=O) groups is 3. The second kappa shape index (κ2) is 10.9. The second-order valence-corrected chi connectivity index (χ2v) is 8.73. The highest BCUT2D eigenvalue weighted by Gasteiger charge is 2.22. The maximum Gasteiger partial charge on any atom is 0.256 e. The zero-order chi connectivity index (χ0) is 24.8. The summed E-state index contributed by atoms with van der Waals surface area (Å²) in [7, 11) is 0. The van der Waals surface area contributed by atoms with Gasteiger partial charge in [0.1, 0.15) is 11.6 Å². The molecule has 0 atom stereocenters. The van der Waals surface area contributed by atoms with E-state index in [0.717, 1.165) is 27.6 Å². The number of nitrogens with one attached hydrogen (secondary N) is 1. The summed E-state index contributed by atoms with van der Waals surface area (Å²) < 4.78 is 0. The molecule has 35 heavy (non-hydrogen) atoms. The minimum atomic E-state index is -0.266. The molecule has 0 aliphatic heterocycles. The van der Waals surface area contributed by atoms with Crippen LogP contribution in [0, 0.1) is 0 Å². The first kappa shape index (κ1) is 24.0. The normalized spacial score (nSPS) is 10.8. The summed E-state index contributed by atoms with van der Waals surface area (Å²) in [5.41, 5.74) is 5.36. The lowest BCUT2D eigenvalue weighted by atomic mass is 9.87. The van der Waals surface area contributed by atoms with E-state index >= 15 is 0 Å². The predicted molar refractivity (Wildman–Crippen MR) is 140 cm³/mol. The molecule has 0 aliphatic carbocycles. The molecular formula is C30H28N2O3. The number of aromatic nitrogens is 1. The number of anilines is 1. The van der Waals surface area contributed by atoms with E-state index in [1.165, 1.54) is 0 Å². The molecule has 0 saturated carbocycles. The molecule has 1 heterocycles. The van der Waals surface area contributed by atoms with E-state index in [4.69, 9.17) is 0 Å². The number of hydrogen-bond acceptors (Lipinski definition) is 4. The number of Topliss-reactive ketones (excluding diaryl/α,β-unsaturated/α-hetero) is 2. The fourth-order valence-electron chi connectivity index (χ4n) is 4.34. The van der Waals surface area contributed by atoms with Crippen LogP contribution in [0.3, 0.4) is 0 Å². The monoisotopic (exact) mass is 464 g/mol. The Morgan fingerprint density at radius 2 is 1.49 bits per heavy atom. The molecule has 0 spiro atoms. The molecule has 0 fully saturated rings. The lowest BCUT2D eigenvalue weighted by Gasteiger charge is -2.19. The van der Waals surface area contributed by atoms with Crippen LogP contribution in [0.4, 0.5) is 5.69 Å². The number of carbonyl (C=O) groups excluding carboxylic acids is 3. The van der Waals surface area contributed by atoms with Crippen molar-refractivity contribution in [3.8, 4) is 11.1 Å². The first-order valence-corrected chi connectivity index (χ1v) is 11.8. The number of amides is 1. The van der Waals surface area contributed by atoms with Crippen molar-refractivity contribution < 1.29 is 14.4 Å². The number of aryl methyl sites for hydroxylation is 1. The average Bonchev–Trinajstić information content (AvgIpc) is 2.86. The highest BCUT2D eigenvalue weighted by molar-refractivity contribution is 6.10. The Morgan fingerprint density at radius 1 is 0.771 bits per heavy atom. The van der Waals surface area contributed by atoms with E-state index in [2.05, 4.69) is 10.3 Å². The Balaban J connectivity index is 1.85. The topological polar surface area (TPSA) is 76.1 Å². The summed E-state index contributed by atoms with van der Waals surface area (Å²) in [6, 6.07) is 23.2. The fraction of sp³-hybridized carbons (Fsp3) is 0.200. The van der Waals surface area contributed by atoms with Crippen LogP contribution in [0.25, 0.3) is 22.0 Å². The summed E-state index contributed by atoms with van der Waals surface area (Å²) in [6.45, 7) is 3.11. The number of benzene rings is 3. The molecule has 0 unspecified atom stereocenters. The Labute approximate surface area is 205 Å². The van der Waals surface area contributed by atoms with Crippen molar-refractivity contribution in [2.45, 2.75) is 39.5 Å². The third-order valence-corrected chi connectivity index (χ3v) is 6.07. The van der Waals surface area contributed by atoms with Gasteiger partial charge in [-0.1, -0.05) is 60.7 Å². The molecule has 1 aromatic heterocycles. The highest BCUT2D eigenvalue weighted by Crippen LogP contribution is 2.32. The summed E-state index contributed by atoms with van der Waals surface area (Å²) in [5.74, 6) is -0.146. The van der Waals surface area contributed by atoms with Gasteiger partial charge < -0.3 is 14.9 Å². The van der Waals surface area contributed by atoms with Crippen LogP contribution in [0.5, 0.6) is 0 Å². The zero-order valence-corrected chi connectivity index (χ0v) is 20.0. The zero-order valence-electron chi connectivity index (χ0n) is 20.0. The van der Waals surface area contributed by atoms with Crippen molar-refractivity contribution in [3.05, 3.63) is 95.7 Å². The largest absolute Gasteiger partial charge is 0.320 e. The Kier molecular flexibility index (Phi) is 7.46. The van der Waals surface area contributed by atoms with Crippen molar-refractivity contribution in [1.29, 1.82) is 0 Å². The minimum Gasteiger partial charge on any atom is -0.320 e. The van der Waals surface area contributed by atoms with Crippen LogP contribution in [0.2, 0.25) is 0 Å². The van der Waals surface area contributed by atoms with Gasteiger partial charge in [0.25, 0.3) is 5.91 Å². The molecule has 1 N–H and O–H groups in total. The number of fused-ring (bicyclic) bond motifs is 1. The third-order valence-electron chi connectivity index (χ3n) is 6.07. The van der Waals surface area contributed by atoms with Gasteiger partial charge in [0.15, 0.2) is 0 Å². The third kappa shape index (κ3) is 5.69. The molecule has 1 amide bonds. The van der Waals surface area contributed by atoms with Gasteiger partial charge in [-0.05, 0) is 61.1 Å². The van der Waals surface area contributed by atoms with Gasteiger partial charge >= 0.3 is 0 Å². The van der Waals surface area contributed by atoms with E-state index in [-0.39, 0.29) is 17.5 Å². The standard InChI is InChI=1S/C30H28N2O3/c1-20(33)13-15-23-16-18-25(22-8-4-3-5-9-22)26(17-14-21(2)34)28(23)30(35)32-27-12-6-10-24-11-7-19-31-29(24)27/h3-12,16,18-19H,13-15,17H2,1-2H3,(H,32,35). The van der Waals surface area contributed by atoms with Gasteiger partial charge in [-0.25, -0.2) is 0 Å². The molecule has 5 heteroatoms. The van der Waals surface area contributed by atoms with Gasteiger partial charge in [-0.2, -0.15) is 0 Å². The van der Waals surface area contributed by atoms with Crippen molar-refractivity contribution in [1.82, 2.24) is 4.98 Å². The molecule has 4 aromatic rings. The number of ketones is 2. The molecule has 0 saturated heterocycles. The highest BCUT2D eigenvalue weighted by atomic mass is 16.1. The van der Waals surface area contributed by atoms with Crippen molar-refractivity contribution in [3.63, 3.8) is 0 Å². The van der Waals surface area contributed by atoms with Crippen molar-refractivity contribution >= 4 is 34.1 Å². The number of nitrogens with zero attached hydrogens (tertiary/aromatic N) is 1. The molecule has 0 aliphatic rings. The summed E-state index contributed by atoms with van der Waals surface area (Å²) >= 11 is 0. The van der Waals surface area contributed by atoms with Crippen LogP contribution in [-0.2, 0) is 22.4 Å². The number of rotatable bonds is 9. The molecule has 5 nitrogen and oxygen atoms in total. The van der Waals surface area contributed by atoms with Crippen LogP contribution >= 0.6 is 0 Å². The SMILES string of the molecule is CC(=O)CCc1ccc(-c2ccccc2)c(CCC(C)=O)c1C(=O)Nc1cccc2cccnc12. The maximum atomic E-state index is 13.9. The van der Waals surface area contributed by atoms with Gasteiger partial charge in [0.05, 0.1) is 11.2 Å². The van der Waals surface area contributed by atoms with Crippen LogP contribution in [-0.4, -0.2) is 22.5 Å². The summed E-state index contributed by atoms with van der Waals surface area (Å²) in [5, 5.41) is 3.99. The average molecular weight is 465 g/mol. The molecule has 3 aromatic carbocycles. The van der Waals surface area contributed by atoms with E-state index in [0.29, 0.717) is 42.5 Å². The molecule has 0 radical (unpaired) electrons. The summed E-state index contributed by atoms with van der Waals surface area (Å²) in [4.78, 5) is 42.0. The van der Waals surface area contributed by atoms with Crippen LogP contribution in [0.1, 0.15) is 48.2 Å². The molecule has 0 bridgehead atoms. The first-order chi connectivity index (χ1) is 16.9. The minimum absolute atomic E-state index is 0.0581. The van der Waals surface area contributed by atoms with Gasteiger partial charge in [0, 0.05) is 30.0 Å². The van der Waals surface area contributed by atoms with E-state index in [1.54, 1.807) is 20.0 Å². The number of pyridine rings is 1. The molecule has 4 rings (SSSR count). The Bertz CT molecular complexity index is 1390. The van der Waals surface area contributed by atoms with Gasteiger partial charge in [-0.3, -0.25) is 9.78 Å². The smallest absolute Gasteiger partial charge is 0.256 e. The summed E-state index contributed by atoms with van der Waals surface area (Å²) in [6.07, 6.45) is 3.25.